The second kappa shape index (κ2) is 4.63. The number of hydrogen-bond donors (Lipinski definition) is 0. The van der Waals surface area contributed by atoms with Crippen molar-refractivity contribution in [3.8, 4) is 0 Å². The summed E-state index contributed by atoms with van der Waals surface area (Å²) in [6.07, 6.45) is 0.766. The van der Waals surface area contributed by atoms with Gasteiger partial charge in [-0.15, -0.1) is 0 Å². The summed E-state index contributed by atoms with van der Waals surface area (Å²) in [5.41, 5.74) is 3.83. The molecule has 1 aromatic heterocycles. The zero-order valence-corrected chi connectivity index (χ0v) is 10.9. The molecule has 0 aliphatic carbocycles. The standard InChI is InChI=1S/C14H9Cl2N2/c15-14-17-13-11(7-4-8-12(13)18(14)16)9-10-5-2-1-3-6-10/h1-6,8H,9H2. The van der Waals surface area contributed by atoms with Gasteiger partial charge < -0.3 is 0 Å². The smallest absolute Gasteiger partial charge is 0.218 e. The minimum absolute atomic E-state index is 0.278. The summed E-state index contributed by atoms with van der Waals surface area (Å²) in [5, 5.41) is 0.278. The van der Waals surface area contributed by atoms with Crippen molar-refractivity contribution < 1.29 is 0 Å². The first-order chi connectivity index (χ1) is 8.75. The molecule has 1 heterocycles. The molecule has 0 N–H and O–H groups in total. The van der Waals surface area contributed by atoms with Gasteiger partial charge in [-0.1, -0.05) is 36.4 Å². The molecule has 0 aliphatic rings. The molecule has 0 fully saturated rings. The number of benzene rings is 2. The van der Waals surface area contributed by atoms with E-state index in [-0.39, 0.29) is 5.28 Å². The summed E-state index contributed by atoms with van der Waals surface area (Å²) < 4.78 is 1.36. The Hall–Kier alpha value is -1.51. The third kappa shape index (κ3) is 1.98. The average molecular weight is 276 g/mol. The summed E-state index contributed by atoms with van der Waals surface area (Å²) in [6, 6.07) is 17.1. The first-order valence-corrected chi connectivity index (χ1v) is 6.25. The van der Waals surface area contributed by atoms with E-state index in [1.165, 1.54) is 9.65 Å². The highest BCUT2D eigenvalue weighted by molar-refractivity contribution is 6.34. The summed E-state index contributed by atoms with van der Waals surface area (Å²) >= 11 is 12.0. The van der Waals surface area contributed by atoms with Gasteiger partial charge in [0.1, 0.15) is 0 Å². The van der Waals surface area contributed by atoms with Crippen LogP contribution in [0.15, 0.2) is 42.5 Å². The highest BCUT2D eigenvalue weighted by Crippen LogP contribution is 2.25. The Labute approximate surface area is 115 Å². The topological polar surface area (TPSA) is 17.8 Å². The zero-order chi connectivity index (χ0) is 12.5. The molecule has 1 radical (unpaired) electrons. The van der Waals surface area contributed by atoms with Gasteiger partial charge in [-0.2, -0.15) is 0 Å². The molecular formula is C14H9Cl2N2. The number of nitrogens with zero attached hydrogens (tertiary/aromatic N) is 2. The van der Waals surface area contributed by atoms with E-state index in [0.29, 0.717) is 0 Å². The highest BCUT2D eigenvalue weighted by atomic mass is 35.5. The van der Waals surface area contributed by atoms with Crippen molar-refractivity contribution >= 4 is 34.4 Å². The SMILES string of the molecule is Clc1nc2c(Cc3ccccc3)[c]ccc2n1Cl. The van der Waals surface area contributed by atoms with Crippen LogP contribution in [0.2, 0.25) is 5.28 Å². The predicted molar refractivity (Wildman–Crippen MR) is 74.1 cm³/mol. The third-order valence-electron chi connectivity index (χ3n) is 2.83. The van der Waals surface area contributed by atoms with E-state index in [9.17, 15) is 0 Å². The molecule has 3 aromatic rings. The van der Waals surface area contributed by atoms with Crippen LogP contribution < -0.4 is 0 Å². The molecule has 3 rings (SSSR count). The van der Waals surface area contributed by atoms with Crippen molar-refractivity contribution in [2.24, 2.45) is 0 Å². The normalized spacial score (nSPS) is 11.0. The Morgan fingerprint density at radius 3 is 2.72 bits per heavy atom. The fourth-order valence-electron chi connectivity index (χ4n) is 1.98. The van der Waals surface area contributed by atoms with E-state index in [4.69, 9.17) is 23.4 Å². The highest BCUT2D eigenvalue weighted by Gasteiger charge is 2.11. The van der Waals surface area contributed by atoms with Crippen molar-refractivity contribution in [1.29, 1.82) is 0 Å². The maximum absolute atomic E-state index is 6.02. The minimum Gasteiger partial charge on any atom is -0.224 e. The van der Waals surface area contributed by atoms with Gasteiger partial charge >= 0.3 is 0 Å². The molecule has 0 saturated heterocycles. The number of rotatable bonds is 2. The van der Waals surface area contributed by atoms with E-state index < -0.39 is 0 Å². The lowest BCUT2D eigenvalue weighted by molar-refractivity contribution is 1.20. The summed E-state index contributed by atoms with van der Waals surface area (Å²) in [5.74, 6) is 0. The van der Waals surface area contributed by atoms with Crippen LogP contribution in [-0.4, -0.2) is 9.07 Å². The van der Waals surface area contributed by atoms with Crippen LogP contribution in [0.1, 0.15) is 11.1 Å². The van der Waals surface area contributed by atoms with E-state index in [0.717, 1.165) is 23.0 Å². The predicted octanol–water partition coefficient (Wildman–Crippen LogP) is 4.08. The number of halogens is 2. The number of hydrogen-bond acceptors (Lipinski definition) is 1. The monoisotopic (exact) mass is 275 g/mol. The second-order valence-electron chi connectivity index (χ2n) is 4.01. The van der Waals surface area contributed by atoms with Crippen molar-refractivity contribution in [2.45, 2.75) is 6.42 Å². The molecule has 0 spiro atoms. The largest absolute Gasteiger partial charge is 0.224 e. The maximum atomic E-state index is 6.02. The molecule has 0 amide bonds. The lowest BCUT2D eigenvalue weighted by Gasteiger charge is -2.02. The summed E-state index contributed by atoms with van der Waals surface area (Å²) in [6.45, 7) is 0. The molecule has 0 saturated carbocycles. The van der Waals surface area contributed by atoms with Crippen LogP contribution in [-0.2, 0) is 6.42 Å². The molecule has 89 valence electrons. The van der Waals surface area contributed by atoms with Crippen molar-refractivity contribution in [3.63, 3.8) is 0 Å². The van der Waals surface area contributed by atoms with Crippen LogP contribution in [0.25, 0.3) is 11.0 Å². The Bertz CT molecular complexity index is 690. The van der Waals surface area contributed by atoms with Crippen LogP contribution in [0, 0.1) is 6.07 Å². The molecule has 0 bridgehead atoms. The van der Waals surface area contributed by atoms with E-state index in [1.54, 1.807) is 0 Å². The fraction of sp³-hybridized carbons (Fsp3) is 0.0714. The molecule has 18 heavy (non-hydrogen) atoms. The van der Waals surface area contributed by atoms with E-state index >= 15 is 0 Å². The van der Waals surface area contributed by atoms with E-state index in [2.05, 4.69) is 23.2 Å². The van der Waals surface area contributed by atoms with Crippen molar-refractivity contribution in [3.05, 3.63) is 64.9 Å². The molecule has 4 heteroatoms. The summed E-state index contributed by atoms with van der Waals surface area (Å²) in [4.78, 5) is 4.27. The number of imidazole rings is 1. The van der Waals surface area contributed by atoms with Gasteiger partial charge in [0.25, 0.3) is 0 Å². The Balaban J connectivity index is 2.10. The Morgan fingerprint density at radius 1 is 1.17 bits per heavy atom. The van der Waals surface area contributed by atoms with Crippen LogP contribution in [0.3, 0.4) is 0 Å². The zero-order valence-electron chi connectivity index (χ0n) is 9.40. The van der Waals surface area contributed by atoms with Gasteiger partial charge in [0.15, 0.2) is 0 Å². The van der Waals surface area contributed by atoms with E-state index in [1.807, 2.05) is 30.3 Å². The minimum atomic E-state index is 0.278. The van der Waals surface area contributed by atoms with Gasteiger partial charge in [0.2, 0.25) is 5.28 Å². The van der Waals surface area contributed by atoms with Crippen LogP contribution in [0.4, 0.5) is 0 Å². The van der Waals surface area contributed by atoms with Crippen LogP contribution >= 0.6 is 23.4 Å². The average Bonchev–Trinajstić information content (AvgIpc) is 2.69. The quantitative estimate of drug-likeness (QED) is 0.689. The van der Waals surface area contributed by atoms with Gasteiger partial charge in [-0.3, -0.25) is 0 Å². The van der Waals surface area contributed by atoms with Gasteiger partial charge in [-0.25, -0.2) is 9.07 Å². The third-order valence-corrected chi connectivity index (χ3v) is 3.51. The van der Waals surface area contributed by atoms with Crippen molar-refractivity contribution in [2.75, 3.05) is 0 Å². The van der Waals surface area contributed by atoms with Gasteiger partial charge in [0, 0.05) is 18.2 Å². The molecule has 2 aromatic carbocycles. The number of fused-ring (bicyclic) bond motifs is 1. The molecular weight excluding hydrogens is 267 g/mol. The molecule has 0 aliphatic heterocycles. The maximum Gasteiger partial charge on any atom is 0.218 e. The molecule has 0 unspecified atom stereocenters. The molecule has 0 atom stereocenters. The lowest BCUT2D eigenvalue weighted by Crippen LogP contribution is -1.90. The molecule has 2 nitrogen and oxygen atoms in total. The lowest BCUT2D eigenvalue weighted by atomic mass is 10.0. The Morgan fingerprint density at radius 2 is 1.94 bits per heavy atom. The van der Waals surface area contributed by atoms with Crippen LogP contribution in [0.5, 0.6) is 0 Å². The van der Waals surface area contributed by atoms with Gasteiger partial charge in [-0.05, 0) is 34.9 Å². The fourth-order valence-corrected chi connectivity index (χ4v) is 2.33. The second-order valence-corrected chi connectivity index (χ2v) is 4.69. The first kappa shape index (κ1) is 11.6. The first-order valence-electron chi connectivity index (χ1n) is 5.53. The van der Waals surface area contributed by atoms with Gasteiger partial charge in [0.05, 0.1) is 11.0 Å². The number of aromatic nitrogens is 2. The van der Waals surface area contributed by atoms with Crippen molar-refractivity contribution in [1.82, 2.24) is 9.07 Å². The summed E-state index contributed by atoms with van der Waals surface area (Å²) in [7, 11) is 0. The Kier molecular flexibility index (Phi) is 2.98.